The molecule has 0 unspecified atom stereocenters. The number of aryl methyl sites for hydroxylation is 1. The van der Waals surface area contributed by atoms with Gasteiger partial charge in [-0.3, -0.25) is 9.98 Å². The van der Waals surface area contributed by atoms with Crippen molar-refractivity contribution in [2.75, 3.05) is 20.1 Å². The van der Waals surface area contributed by atoms with Crippen LogP contribution in [0, 0.1) is 6.92 Å². The molecule has 0 bridgehead atoms. The zero-order valence-electron chi connectivity index (χ0n) is 15.6. The third-order valence-corrected chi connectivity index (χ3v) is 4.15. The standard InChI is InChI=1S/C21H29N3O/c1-4-5-10-22-15-18-13-17(2)14-19(21(18)25)16-24(3)12-9-20-8-6-7-11-23-20/h6-8,11,13-15,25H,4-5,9-10,12,16H2,1-3H3. The molecule has 2 aromatic rings. The van der Waals surface area contributed by atoms with Gasteiger partial charge in [0.1, 0.15) is 5.75 Å². The number of hydrogen-bond donors (Lipinski definition) is 1. The van der Waals surface area contributed by atoms with E-state index in [4.69, 9.17) is 0 Å². The molecule has 0 saturated heterocycles. The molecule has 134 valence electrons. The number of phenolic OH excluding ortho intramolecular Hbond substituents is 1. The molecule has 1 aromatic carbocycles. The highest BCUT2D eigenvalue weighted by Crippen LogP contribution is 2.24. The van der Waals surface area contributed by atoms with E-state index in [1.807, 2.05) is 30.5 Å². The zero-order valence-corrected chi connectivity index (χ0v) is 15.6. The summed E-state index contributed by atoms with van der Waals surface area (Å²) in [5.41, 5.74) is 3.99. The SMILES string of the molecule is CCCCN=Cc1cc(C)cc(CN(C)CCc2ccccn2)c1O. The first-order valence-electron chi connectivity index (χ1n) is 9.01. The molecule has 2 rings (SSSR count). The van der Waals surface area contributed by atoms with Crippen molar-refractivity contribution in [3.8, 4) is 5.75 Å². The van der Waals surface area contributed by atoms with E-state index in [9.17, 15) is 5.11 Å². The molecule has 0 amide bonds. The second-order valence-corrected chi connectivity index (χ2v) is 6.56. The van der Waals surface area contributed by atoms with Gasteiger partial charge in [0.2, 0.25) is 0 Å². The van der Waals surface area contributed by atoms with Gasteiger partial charge in [0.05, 0.1) is 0 Å². The van der Waals surface area contributed by atoms with Crippen LogP contribution < -0.4 is 0 Å². The fourth-order valence-electron chi connectivity index (χ4n) is 2.74. The third kappa shape index (κ3) is 6.31. The molecule has 1 N–H and O–H groups in total. The van der Waals surface area contributed by atoms with Gasteiger partial charge < -0.3 is 10.0 Å². The Labute approximate surface area is 151 Å². The average molecular weight is 339 g/mol. The summed E-state index contributed by atoms with van der Waals surface area (Å²) in [6.07, 6.45) is 6.73. The Morgan fingerprint density at radius 3 is 2.84 bits per heavy atom. The second-order valence-electron chi connectivity index (χ2n) is 6.56. The van der Waals surface area contributed by atoms with Gasteiger partial charge in [0, 0.05) is 55.3 Å². The van der Waals surface area contributed by atoms with Gasteiger partial charge in [-0.05, 0) is 44.2 Å². The quantitative estimate of drug-likeness (QED) is 0.555. The maximum atomic E-state index is 10.6. The molecule has 0 fully saturated rings. The first kappa shape index (κ1) is 19.1. The Kier molecular flexibility index (Phi) is 7.61. The minimum absolute atomic E-state index is 0.343. The van der Waals surface area contributed by atoms with Crippen molar-refractivity contribution in [3.05, 3.63) is 58.9 Å². The summed E-state index contributed by atoms with van der Waals surface area (Å²) in [6, 6.07) is 10.0. The van der Waals surface area contributed by atoms with Gasteiger partial charge in [-0.15, -0.1) is 0 Å². The van der Waals surface area contributed by atoms with Gasteiger partial charge in [0.25, 0.3) is 0 Å². The summed E-state index contributed by atoms with van der Waals surface area (Å²) >= 11 is 0. The van der Waals surface area contributed by atoms with E-state index in [1.54, 1.807) is 6.21 Å². The number of aromatic nitrogens is 1. The lowest BCUT2D eigenvalue weighted by molar-refractivity contribution is 0.323. The summed E-state index contributed by atoms with van der Waals surface area (Å²) in [4.78, 5) is 11.0. The Balaban J connectivity index is 2.00. The van der Waals surface area contributed by atoms with Crippen molar-refractivity contribution in [3.63, 3.8) is 0 Å². The van der Waals surface area contributed by atoms with Crippen molar-refractivity contribution in [1.82, 2.24) is 9.88 Å². The maximum Gasteiger partial charge on any atom is 0.128 e. The normalized spacial score (nSPS) is 11.5. The summed E-state index contributed by atoms with van der Waals surface area (Å²) in [6.45, 7) is 6.61. The van der Waals surface area contributed by atoms with E-state index in [-0.39, 0.29) is 0 Å². The van der Waals surface area contributed by atoms with E-state index < -0.39 is 0 Å². The lowest BCUT2D eigenvalue weighted by Gasteiger charge is -2.18. The van der Waals surface area contributed by atoms with E-state index >= 15 is 0 Å². The largest absolute Gasteiger partial charge is 0.507 e. The zero-order chi connectivity index (χ0) is 18.1. The number of rotatable bonds is 9. The Bertz CT molecular complexity index is 683. The molecular formula is C21H29N3O. The van der Waals surface area contributed by atoms with Crippen molar-refractivity contribution in [2.45, 2.75) is 39.7 Å². The lowest BCUT2D eigenvalue weighted by atomic mass is 10.0. The molecule has 0 atom stereocenters. The van der Waals surface area contributed by atoms with Crippen LogP contribution in [0.2, 0.25) is 0 Å². The van der Waals surface area contributed by atoms with E-state index in [1.165, 1.54) is 0 Å². The number of likely N-dealkylation sites (N-methyl/N-ethyl adjacent to an activating group) is 1. The molecule has 0 radical (unpaired) electrons. The number of benzene rings is 1. The second kappa shape index (κ2) is 9.94. The van der Waals surface area contributed by atoms with Crippen molar-refractivity contribution < 1.29 is 5.11 Å². The monoisotopic (exact) mass is 339 g/mol. The minimum atomic E-state index is 0.343. The number of unbranched alkanes of at least 4 members (excludes halogenated alkanes) is 1. The molecule has 4 heteroatoms. The van der Waals surface area contributed by atoms with Gasteiger partial charge >= 0.3 is 0 Å². The summed E-state index contributed by atoms with van der Waals surface area (Å²) < 4.78 is 0. The Morgan fingerprint density at radius 2 is 2.12 bits per heavy atom. The van der Waals surface area contributed by atoms with Crippen LogP contribution in [-0.4, -0.2) is 41.3 Å². The summed E-state index contributed by atoms with van der Waals surface area (Å²) in [5, 5.41) is 10.6. The van der Waals surface area contributed by atoms with Crippen LogP contribution in [0.25, 0.3) is 0 Å². The van der Waals surface area contributed by atoms with Gasteiger partial charge in [0.15, 0.2) is 0 Å². The average Bonchev–Trinajstić information content (AvgIpc) is 2.61. The van der Waals surface area contributed by atoms with E-state index in [0.717, 1.165) is 54.7 Å². The predicted octanol–water partition coefficient (Wildman–Crippen LogP) is 3.99. The van der Waals surface area contributed by atoms with Gasteiger partial charge in [-0.25, -0.2) is 0 Å². The predicted molar refractivity (Wildman–Crippen MR) is 104 cm³/mol. The molecule has 25 heavy (non-hydrogen) atoms. The Morgan fingerprint density at radius 1 is 1.28 bits per heavy atom. The first-order valence-corrected chi connectivity index (χ1v) is 9.01. The molecular weight excluding hydrogens is 310 g/mol. The minimum Gasteiger partial charge on any atom is -0.507 e. The molecule has 0 aliphatic heterocycles. The number of aromatic hydroxyl groups is 1. The van der Waals surface area contributed by atoms with E-state index in [0.29, 0.717) is 12.3 Å². The van der Waals surface area contributed by atoms with Crippen molar-refractivity contribution in [2.24, 2.45) is 4.99 Å². The van der Waals surface area contributed by atoms with Crippen molar-refractivity contribution >= 4 is 6.21 Å². The van der Waals surface area contributed by atoms with E-state index in [2.05, 4.69) is 41.8 Å². The Hall–Kier alpha value is -2.20. The summed E-state index contributed by atoms with van der Waals surface area (Å²) in [5.74, 6) is 0.343. The number of aliphatic imine (C=N–C) groups is 1. The summed E-state index contributed by atoms with van der Waals surface area (Å²) in [7, 11) is 2.07. The van der Waals surface area contributed by atoms with Crippen LogP contribution in [0.1, 0.15) is 42.1 Å². The highest BCUT2D eigenvalue weighted by atomic mass is 16.3. The topological polar surface area (TPSA) is 48.7 Å². The molecule has 4 nitrogen and oxygen atoms in total. The highest BCUT2D eigenvalue weighted by molar-refractivity contribution is 5.84. The van der Waals surface area contributed by atoms with Crippen molar-refractivity contribution in [1.29, 1.82) is 0 Å². The van der Waals surface area contributed by atoms with Gasteiger partial charge in [-0.2, -0.15) is 0 Å². The number of pyridine rings is 1. The fraction of sp³-hybridized carbons (Fsp3) is 0.429. The molecule has 1 aromatic heterocycles. The molecule has 0 saturated carbocycles. The number of hydrogen-bond acceptors (Lipinski definition) is 4. The van der Waals surface area contributed by atoms with Crippen LogP contribution in [0.15, 0.2) is 41.5 Å². The van der Waals surface area contributed by atoms with Crippen LogP contribution in [0.4, 0.5) is 0 Å². The molecule has 1 heterocycles. The smallest absolute Gasteiger partial charge is 0.128 e. The molecule has 0 spiro atoms. The highest BCUT2D eigenvalue weighted by Gasteiger charge is 2.10. The number of nitrogens with zero attached hydrogens (tertiary/aromatic N) is 3. The van der Waals surface area contributed by atoms with Gasteiger partial charge in [-0.1, -0.05) is 25.5 Å². The van der Waals surface area contributed by atoms with Crippen LogP contribution >= 0.6 is 0 Å². The first-order chi connectivity index (χ1) is 12.1. The molecule has 0 aliphatic carbocycles. The third-order valence-electron chi connectivity index (χ3n) is 4.15. The lowest BCUT2D eigenvalue weighted by Crippen LogP contribution is -2.21. The van der Waals surface area contributed by atoms with Crippen LogP contribution in [0.5, 0.6) is 5.75 Å². The maximum absolute atomic E-state index is 10.6. The number of phenols is 1. The fourth-order valence-corrected chi connectivity index (χ4v) is 2.74. The van der Waals surface area contributed by atoms with Crippen LogP contribution in [-0.2, 0) is 13.0 Å². The van der Waals surface area contributed by atoms with Crippen LogP contribution in [0.3, 0.4) is 0 Å². The molecule has 0 aliphatic rings.